The number of fused-ring (bicyclic) bond motifs is 1. The molecule has 0 bridgehead atoms. The van der Waals surface area contributed by atoms with Crippen molar-refractivity contribution in [2.75, 3.05) is 0 Å². The van der Waals surface area contributed by atoms with Crippen molar-refractivity contribution in [2.24, 2.45) is 12.8 Å². The van der Waals surface area contributed by atoms with Gasteiger partial charge < -0.3 is 15.3 Å². The van der Waals surface area contributed by atoms with Crippen LogP contribution >= 0.6 is 0 Å². The van der Waals surface area contributed by atoms with Gasteiger partial charge in [0.1, 0.15) is 17.3 Å². The third-order valence-corrected chi connectivity index (χ3v) is 4.38. The minimum atomic E-state index is -0.324. The van der Waals surface area contributed by atoms with Gasteiger partial charge in [-0.1, -0.05) is 0 Å². The van der Waals surface area contributed by atoms with Crippen LogP contribution in [0.25, 0.3) is 22.6 Å². The molecular formula is C15H16FN5. The van der Waals surface area contributed by atoms with Gasteiger partial charge in [0.2, 0.25) is 0 Å². The molecule has 0 amide bonds. The maximum absolute atomic E-state index is 13.4. The molecule has 3 N–H and O–H groups in total. The van der Waals surface area contributed by atoms with Crippen LogP contribution in [-0.4, -0.2) is 19.5 Å². The largest absolute Gasteiger partial charge is 0.338 e. The van der Waals surface area contributed by atoms with Crippen molar-refractivity contribution >= 4 is 11.0 Å². The van der Waals surface area contributed by atoms with E-state index in [2.05, 4.69) is 15.0 Å². The van der Waals surface area contributed by atoms with Crippen molar-refractivity contribution in [1.29, 1.82) is 0 Å². The summed E-state index contributed by atoms with van der Waals surface area (Å²) in [7, 11) is 1.87. The summed E-state index contributed by atoms with van der Waals surface area (Å²) in [6.07, 6.45) is 4.79. The van der Waals surface area contributed by atoms with E-state index in [0.29, 0.717) is 0 Å². The summed E-state index contributed by atoms with van der Waals surface area (Å²) < 4.78 is 15.2. The van der Waals surface area contributed by atoms with Gasteiger partial charge >= 0.3 is 0 Å². The molecule has 108 valence electrons. The number of halogens is 1. The molecule has 3 aromatic rings. The first-order valence-corrected chi connectivity index (χ1v) is 7.03. The molecule has 0 aliphatic heterocycles. The first-order valence-electron chi connectivity index (χ1n) is 7.03. The molecule has 1 saturated carbocycles. The predicted molar refractivity (Wildman–Crippen MR) is 78.0 cm³/mol. The number of nitrogens with zero attached hydrogens (tertiary/aromatic N) is 3. The number of nitrogens with one attached hydrogen (secondary N) is 1. The average Bonchev–Trinajstić information content (AvgIpc) is 3.02. The lowest BCUT2D eigenvalue weighted by Crippen LogP contribution is -2.44. The molecule has 2 heterocycles. The summed E-state index contributed by atoms with van der Waals surface area (Å²) >= 11 is 0. The Labute approximate surface area is 121 Å². The highest BCUT2D eigenvalue weighted by Gasteiger charge is 2.37. The SMILES string of the molecule is Cn1c(-c2cnc(C3(N)CCC3)[nH]2)nc2ccc(F)cc21. The van der Waals surface area contributed by atoms with Crippen molar-refractivity contribution in [3.05, 3.63) is 36.0 Å². The molecule has 0 atom stereocenters. The van der Waals surface area contributed by atoms with Gasteiger partial charge in [-0.2, -0.15) is 0 Å². The minimum Gasteiger partial charge on any atom is -0.338 e. The second-order valence-electron chi connectivity index (χ2n) is 5.78. The van der Waals surface area contributed by atoms with E-state index in [0.717, 1.165) is 47.6 Å². The number of benzene rings is 1. The average molecular weight is 285 g/mol. The van der Waals surface area contributed by atoms with Crippen LogP contribution in [0.3, 0.4) is 0 Å². The first-order chi connectivity index (χ1) is 10.1. The Balaban J connectivity index is 1.81. The number of hydrogen-bond donors (Lipinski definition) is 2. The van der Waals surface area contributed by atoms with Gasteiger partial charge in [0.25, 0.3) is 0 Å². The maximum Gasteiger partial charge on any atom is 0.159 e. The highest BCUT2D eigenvalue weighted by atomic mass is 19.1. The highest BCUT2D eigenvalue weighted by Crippen LogP contribution is 2.37. The van der Waals surface area contributed by atoms with Crippen LogP contribution in [0.1, 0.15) is 25.1 Å². The Morgan fingerprint density at radius 2 is 2.19 bits per heavy atom. The lowest BCUT2D eigenvalue weighted by Gasteiger charge is -2.35. The molecule has 0 unspecified atom stereocenters. The highest BCUT2D eigenvalue weighted by molar-refractivity contribution is 5.79. The number of rotatable bonds is 2. The number of imidazole rings is 2. The van der Waals surface area contributed by atoms with Crippen molar-refractivity contribution in [2.45, 2.75) is 24.8 Å². The minimum absolute atomic E-state index is 0.266. The Morgan fingerprint density at radius 1 is 1.38 bits per heavy atom. The van der Waals surface area contributed by atoms with Crippen LogP contribution in [-0.2, 0) is 12.6 Å². The number of nitrogens with two attached hydrogens (primary N) is 1. The molecule has 1 fully saturated rings. The molecule has 5 nitrogen and oxygen atoms in total. The molecule has 6 heteroatoms. The lowest BCUT2D eigenvalue weighted by atomic mass is 9.77. The van der Waals surface area contributed by atoms with E-state index in [1.54, 1.807) is 12.3 Å². The molecule has 0 spiro atoms. The molecule has 1 aliphatic rings. The van der Waals surface area contributed by atoms with E-state index in [1.807, 2.05) is 11.6 Å². The van der Waals surface area contributed by atoms with E-state index in [9.17, 15) is 4.39 Å². The van der Waals surface area contributed by atoms with Gasteiger partial charge in [0, 0.05) is 7.05 Å². The molecule has 21 heavy (non-hydrogen) atoms. The van der Waals surface area contributed by atoms with Gasteiger partial charge in [0.15, 0.2) is 5.82 Å². The zero-order valence-electron chi connectivity index (χ0n) is 11.7. The third kappa shape index (κ3) is 1.79. The molecule has 0 saturated heterocycles. The summed E-state index contributed by atoms with van der Waals surface area (Å²) in [5.74, 6) is 1.27. The first kappa shape index (κ1) is 12.5. The van der Waals surface area contributed by atoms with E-state index in [-0.39, 0.29) is 11.4 Å². The molecule has 2 aromatic heterocycles. The number of aromatic amines is 1. The summed E-state index contributed by atoms with van der Waals surface area (Å²) in [6, 6.07) is 4.59. The monoisotopic (exact) mass is 285 g/mol. The Kier molecular flexibility index (Phi) is 2.47. The standard InChI is InChI=1S/C15H16FN5/c1-21-12-7-9(16)3-4-10(12)19-13(21)11-8-18-14(20-11)15(17)5-2-6-15/h3-4,7-8H,2,5-6,17H2,1H3,(H,18,20). The summed E-state index contributed by atoms with van der Waals surface area (Å²) in [6.45, 7) is 0. The van der Waals surface area contributed by atoms with Crippen molar-refractivity contribution in [3.63, 3.8) is 0 Å². The summed E-state index contributed by atoms with van der Waals surface area (Å²) in [4.78, 5) is 12.2. The smallest absolute Gasteiger partial charge is 0.159 e. The Hall–Kier alpha value is -2.21. The van der Waals surface area contributed by atoms with Gasteiger partial charge in [-0.15, -0.1) is 0 Å². The number of hydrogen-bond acceptors (Lipinski definition) is 3. The number of aryl methyl sites for hydroxylation is 1. The lowest BCUT2D eigenvalue weighted by molar-refractivity contribution is 0.240. The fourth-order valence-electron chi connectivity index (χ4n) is 2.89. The van der Waals surface area contributed by atoms with E-state index >= 15 is 0 Å². The normalized spacial score (nSPS) is 17.1. The van der Waals surface area contributed by atoms with Crippen molar-refractivity contribution in [1.82, 2.24) is 19.5 Å². The molecule has 1 aromatic carbocycles. The third-order valence-electron chi connectivity index (χ3n) is 4.38. The summed E-state index contributed by atoms with van der Waals surface area (Å²) in [5.41, 5.74) is 8.28. The second kappa shape index (κ2) is 4.14. The topological polar surface area (TPSA) is 72.5 Å². The van der Waals surface area contributed by atoms with Gasteiger partial charge in [0.05, 0.1) is 22.8 Å². The van der Waals surface area contributed by atoms with Crippen LogP contribution in [0.2, 0.25) is 0 Å². The molecule has 0 radical (unpaired) electrons. The molecule has 4 rings (SSSR count). The van der Waals surface area contributed by atoms with Gasteiger partial charge in [-0.3, -0.25) is 0 Å². The zero-order chi connectivity index (χ0) is 14.6. The fraction of sp³-hybridized carbons (Fsp3) is 0.333. The van der Waals surface area contributed by atoms with E-state index in [1.165, 1.54) is 12.1 Å². The number of H-pyrrole nitrogens is 1. The zero-order valence-corrected chi connectivity index (χ0v) is 11.7. The Bertz CT molecular complexity index is 828. The summed E-state index contributed by atoms with van der Waals surface area (Å²) in [5, 5.41) is 0. The van der Waals surface area contributed by atoms with Crippen LogP contribution in [0.5, 0.6) is 0 Å². The van der Waals surface area contributed by atoms with Gasteiger partial charge in [-0.25, -0.2) is 14.4 Å². The second-order valence-corrected chi connectivity index (χ2v) is 5.78. The fourth-order valence-corrected chi connectivity index (χ4v) is 2.89. The maximum atomic E-state index is 13.4. The quantitative estimate of drug-likeness (QED) is 0.759. The van der Waals surface area contributed by atoms with E-state index < -0.39 is 0 Å². The van der Waals surface area contributed by atoms with E-state index in [4.69, 9.17) is 5.73 Å². The van der Waals surface area contributed by atoms with Crippen LogP contribution in [0.4, 0.5) is 4.39 Å². The van der Waals surface area contributed by atoms with Gasteiger partial charge in [-0.05, 0) is 37.5 Å². The van der Waals surface area contributed by atoms with Crippen molar-refractivity contribution in [3.8, 4) is 11.5 Å². The Morgan fingerprint density at radius 3 is 2.90 bits per heavy atom. The van der Waals surface area contributed by atoms with Crippen LogP contribution < -0.4 is 5.73 Å². The number of aromatic nitrogens is 4. The predicted octanol–water partition coefficient (Wildman–Crippen LogP) is 2.44. The molecule has 1 aliphatic carbocycles. The van der Waals surface area contributed by atoms with Crippen molar-refractivity contribution < 1.29 is 4.39 Å². The molecular weight excluding hydrogens is 269 g/mol. The van der Waals surface area contributed by atoms with Crippen LogP contribution in [0.15, 0.2) is 24.4 Å². The van der Waals surface area contributed by atoms with Crippen LogP contribution in [0, 0.1) is 5.82 Å².